The summed E-state index contributed by atoms with van der Waals surface area (Å²) in [7, 11) is 0. The van der Waals surface area contributed by atoms with Gasteiger partial charge in [-0.05, 0) is 57.4 Å². The summed E-state index contributed by atoms with van der Waals surface area (Å²) in [6.07, 6.45) is 1.74. The molecule has 1 aliphatic rings. The number of aliphatic carboxylic acids is 1. The Morgan fingerprint density at radius 1 is 1.32 bits per heavy atom. The van der Waals surface area contributed by atoms with Crippen LogP contribution in [0.25, 0.3) is 0 Å². The number of carbonyl (C=O) groups is 2. The molecule has 1 atom stereocenters. The summed E-state index contributed by atoms with van der Waals surface area (Å²) in [5.74, 6) is -1.19. The predicted molar refractivity (Wildman–Crippen MR) is 93.5 cm³/mol. The van der Waals surface area contributed by atoms with Gasteiger partial charge in [-0.3, -0.25) is 9.48 Å². The molecule has 1 N–H and O–H groups in total. The fourth-order valence-corrected chi connectivity index (χ4v) is 3.09. The Kier molecular flexibility index (Phi) is 4.61. The molecule has 0 radical (unpaired) electrons. The Balaban J connectivity index is 1.83. The van der Waals surface area contributed by atoms with Gasteiger partial charge in [-0.2, -0.15) is 5.10 Å². The van der Waals surface area contributed by atoms with Crippen LogP contribution < -0.4 is 0 Å². The molecule has 1 amide bonds. The molecule has 1 unspecified atom stereocenters. The average Bonchev–Trinajstić information content (AvgIpc) is 3.34. The van der Waals surface area contributed by atoms with Crippen LogP contribution >= 0.6 is 0 Å². The molecule has 1 aromatic carbocycles. The molecule has 1 heterocycles. The van der Waals surface area contributed by atoms with Crippen LogP contribution in [-0.2, 0) is 11.3 Å². The number of carboxylic acid groups (broad SMARTS) is 1. The lowest BCUT2D eigenvalue weighted by Gasteiger charge is -2.26. The molecule has 3 rings (SSSR count). The summed E-state index contributed by atoms with van der Waals surface area (Å²) in [6.45, 7) is 6.10. The van der Waals surface area contributed by atoms with Gasteiger partial charge in [0.1, 0.15) is 6.04 Å². The van der Waals surface area contributed by atoms with E-state index in [2.05, 4.69) is 5.10 Å². The quantitative estimate of drug-likeness (QED) is 0.876. The second-order valence-corrected chi connectivity index (χ2v) is 6.74. The summed E-state index contributed by atoms with van der Waals surface area (Å²) in [6, 6.07) is 8.61. The molecular formula is C19H23N3O3. The summed E-state index contributed by atoms with van der Waals surface area (Å²) in [5, 5.41) is 13.8. The normalized spacial score (nSPS) is 15.0. The zero-order valence-electron chi connectivity index (χ0n) is 14.8. The molecule has 1 aromatic heterocycles. The Morgan fingerprint density at radius 3 is 2.60 bits per heavy atom. The van der Waals surface area contributed by atoms with Crippen molar-refractivity contribution in [3.8, 4) is 0 Å². The standard InChI is InChI=1S/C19H23N3O3/c1-12-9-13(2)21(20-12)11-15-5-4-6-16(10-15)18(23)22(17-7-8-17)14(3)19(24)25/h4-6,9-10,14,17H,7-8,11H2,1-3H3,(H,24,25). The number of hydrogen-bond acceptors (Lipinski definition) is 3. The van der Waals surface area contributed by atoms with Gasteiger partial charge in [-0.15, -0.1) is 0 Å². The zero-order chi connectivity index (χ0) is 18.1. The first-order valence-corrected chi connectivity index (χ1v) is 8.52. The maximum Gasteiger partial charge on any atom is 0.326 e. The molecule has 0 saturated heterocycles. The minimum atomic E-state index is -0.973. The van der Waals surface area contributed by atoms with Crippen LogP contribution in [-0.4, -0.2) is 43.7 Å². The molecule has 0 spiro atoms. The van der Waals surface area contributed by atoms with E-state index in [-0.39, 0.29) is 11.9 Å². The Bertz CT molecular complexity index is 808. The third-order valence-corrected chi connectivity index (χ3v) is 4.56. The minimum Gasteiger partial charge on any atom is -0.480 e. The molecule has 2 aromatic rings. The Labute approximate surface area is 147 Å². The van der Waals surface area contributed by atoms with Crippen LogP contribution in [0.5, 0.6) is 0 Å². The molecule has 0 bridgehead atoms. The summed E-state index contributed by atoms with van der Waals surface area (Å²) < 4.78 is 1.90. The first-order valence-electron chi connectivity index (χ1n) is 8.52. The van der Waals surface area contributed by atoms with Crippen molar-refractivity contribution in [1.29, 1.82) is 0 Å². The monoisotopic (exact) mass is 341 g/mol. The van der Waals surface area contributed by atoms with E-state index < -0.39 is 12.0 Å². The maximum atomic E-state index is 12.9. The highest BCUT2D eigenvalue weighted by atomic mass is 16.4. The fourth-order valence-electron chi connectivity index (χ4n) is 3.09. The van der Waals surface area contributed by atoms with Crippen molar-refractivity contribution in [2.45, 2.75) is 52.2 Å². The summed E-state index contributed by atoms with van der Waals surface area (Å²) in [5.41, 5.74) is 3.52. The lowest BCUT2D eigenvalue weighted by molar-refractivity contribution is -0.141. The Hall–Kier alpha value is -2.63. The van der Waals surface area contributed by atoms with Gasteiger partial charge in [0.15, 0.2) is 0 Å². The van der Waals surface area contributed by atoms with Crippen LogP contribution in [0.15, 0.2) is 30.3 Å². The van der Waals surface area contributed by atoms with Gasteiger partial charge in [-0.1, -0.05) is 12.1 Å². The second kappa shape index (κ2) is 6.70. The second-order valence-electron chi connectivity index (χ2n) is 6.74. The van der Waals surface area contributed by atoms with E-state index >= 15 is 0 Å². The zero-order valence-corrected chi connectivity index (χ0v) is 14.8. The van der Waals surface area contributed by atoms with Crippen molar-refractivity contribution in [3.63, 3.8) is 0 Å². The van der Waals surface area contributed by atoms with Crippen LogP contribution in [0.1, 0.15) is 47.1 Å². The van der Waals surface area contributed by atoms with Crippen molar-refractivity contribution in [3.05, 3.63) is 52.8 Å². The highest BCUT2D eigenvalue weighted by molar-refractivity contribution is 5.97. The van der Waals surface area contributed by atoms with E-state index in [1.54, 1.807) is 13.0 Å². The van der Waals surface area contributed by atoms with Crippen molar-refractivity contribution in [1.82, 2.24) is 14.7 Å². The third kappa shape index (κ3) is 3.73. The van der Waals surface area contributed by atoms with Crippen molar-refractivity contribution >= 4 is 11.9 Å². The molecule has 1 saturated carbocycles. The number of benzene rings is 1. The lowest BCUT2D eigenvalue weighted by atomic mass is 10.1. The first-order chi connectivity index (χ1) is 11.9. The van der Waals surface area contributed by atoms with Crippen LogP contribution in [0.4, 0.5) is 0 Å². The average molecular weight is 341 g/mol. The lowest BCUT2D eigenvalue weighted by Crippen LogP contribution is -2.44. The van der Waals surface area contributed by atoms with Gasteiger partial charge in [0.2, 0.25) is 0 Å². The summed E-state index contributed by atoms with van der Waals surface area (Å²) in [4.78, 5) is 25.7. The van der Waals surface area contributed by atoms with E-state index in [1.165, 1.54) is 4.90 Å². The van der Waals surface area contributed by atoms with Crippen LogP contribution in [0.3, 0.4) is 0 Å². The van der Waals surface area contributed by atoms with E-state index in [4.69, 9.17) is 0 Å². The molecule has 6 heteroatoms. The van der Waals surface area contributed by atoms with E-state index in [0.29, 0.717) is 12.1 Å². The predicted octanol–water partition coefficient (Wildman–Crippen LogP) is 2.63. The van der Waals surface area contributed by atoms with Crippen molar-refractivity contribution in [2.24, 2.45) is 0 Å². The maximum absolute atomic E-state index is 12.9. The largest absolute Gasteiger partial charge is 0.480 e. The SMILES string of the molecule is Cc1cc(C)n(Cc2cccc(C(=O)N(C3CC3)C(C)C(=O)O)c2)n1. The Morgan fingerprint density at radius 2 is 2.04 bits per heavy atom. The van der Waals surface area contributed by atoms with Crippen molar-refractivity contribution < 1.29 is 14.7 Å². The number of nitrogens with zero attached hydrogens (tertiary/aromatic N) is 3. The van der Waals surface area contributed by atoms with E-state index in [1.807, 2.05) is 42.8 Å². The topological polar surface area (TPSA) is 75.4 Å². The van der Waals surface area contributed by atoms with Crippen molar-refractivity contribution in [2.75, 3.05) is 0 Å². The highest BCUT2D eigenvalue weighted by Crippen LogP contribution is 2.30. The number of rotatable bonds is 6. The van der Waals surface area contributed by atoms with Gasteiger partial charge < -0.3 is 10.0 Å². The van der Waals surface area contributed by atoms with Gasteiger partial charge in [-0.25, -0.2) is 4.79 Å². The molecular weight excluding hydrogens is 318 g/mol. The van der Waals surface area contributed by atoms with E-state index in [9.17, 15) is 14.7 Å². The van der Waals surface area contributed by atoms with Crippen LogP contribution in [0, 0.1) is 13.8 Å². The van der Waals surface area contributed by atoms with Gasteiger partial charge in [0, 0.05) is 17.3 Å². The van der Waals surface area contributed by atoms with Gasteiger partial charge in [0.05, 0.1) is 12.2 Å². The number of carbonyl (C=O) groups excluding carboxylic acids is 1. The number of amides is 1. The minimum absolute atomic E-state index is 0.0401. The van der Waals surface area contributed by atoms with Gasteiger partial charge >= 0.3 is 5.97 Å². The first kappa shape index (κ1) is 17.2. The number of aryl methyl sites for hydroxylation is 2. The third-order valence-electron chi connectivity index (χ3n) is 4.56. The molecule has 0 aliphatic heterocycles. The van der Waals surface area contributed by atoms with E-state index in [0.717, 1.165) is 29.8 Å². The molecule has 6 nitrogen and oxygen atoms in total. The number of hydrogen-bond donors (Lipinski definition) is 1. The number of aromatic nitrogens is 2. The van der Waals surface area contributed by atoms with Gasteiger partial charge in [0.25, 0.3) is 5.91 Å². The summed E-state index contributed by atoms with van der Waals surface area (Å²) >= 11 is 0. The van der Waals surface area contributed by atoms with Crippen LogP contribution in [0.2, 0.25) is 0 Å². The highest BCUT2D eigenvalue weighted by Gasteiger charge is 2.38. The number of carboxylic acids is 1. The smallest absolute Gasteiger partial charge is 0.326 e. The fraction of sp³-hybridized carbons (Fsp3) is 0.421. The molecule has 132 valence electrons. The molecule has 1 aliphatic carbocycles. The molecule has 25 heavy (non-hydrogen) atoms. The molecule has 1 fully saturated rings.